The third-order valence-corrected chi connectivity index (χ3v) is 3.33. The van der Waals surface area contributed by atoms with Gasteiger partial charge in [0, 0.05) is 19.0 Å². The maximum Gasteiger partial charge on any atom is 0.255 e. The number of amides is 1. The van der Waals surface area contributed by atoms with Gasteiger partial charge < -0.3 is 4.90 Å². The molecule has 1 heterocycles. The van der Waals surface area contributed by atoms with Gasteiger partial charge in [0.05, 0.1) is 0 Å². The zero-order valence-corrected chi connectivity index (χ0v) is 10.3. The molecular formula is C12H13Cl2NO. The van der Waals surface area contributed by atoms with Crippen LogP contribution in [0.1, 0.15) is 17.9 Å². The summed E-state index contributed by atoms with van der Waals surface area (Å²) in [6, 6.07) is 10.2. The molecule has 86 valence electrons. The van der Waals surface area contributed by atoms with Crippen molar-refractivity contribution in [2.45, 2.75) is 17.2 Å². The van der Waals surface area contributed by atoms with Gasteiger partial charge in [0.2, 0.25) is 0 Å². The van der Waals surface area contributed by atoms with Gasteiger partial charge in [0.25, 0.3) is 5.91 Å². The lowest BCUT2D eigenvalue weighted by molar-refractivity contribution is -0.128. The molecule has 0 bridgehead atoms. The van der Waals surface area contributed by atoms with Crippen LogP contribution in [-0.2, 0) is 4.79 Å². The van der Waals surface area contributed by atoms with E-state index in [2.05, 4.69) is 12.1 Å². The van der Waals surface area contributed by atoms with E-state index in [1.54, 1.807) is 4.90 Å². The van der Waals surface area contributed by atoms with Crippen molar-refractivity contribution in [1.82, 2.24) is 4.90 Å². The fourth-order valence-corrected chi connectivity index (χ4v) is 2.37. The zero-order chi connectivity index (χ0) is 11.5. The predicted octanol–water partition coefficient (Wildman–Crippen LogP) is 2.81. The number of rotatable bonds is 2. The highest BCUT2D eigenvalue weighted by Gasteiger charge is 2.29. The molecule has 0 spiro atoms. The first-order chi connectivity index (χ1) is 7.68. The van der Waals surface area contributed by atoms with Crippen LogP contribution in [0.5, 0.6) is 0 Å². The maximum absolute atomic E-state index is 11.6. The third-order valence-electron chi connectivity index (χ3n) is 2.96. The SMILES string of the molecule is O=C(C(Cl)Cl)N1CCC(c2ccccc2)C1. The molecule has 16 heavy (non-hydrogen) atoms. The molecule has 0 radical (unpaired) electrons. The second kappa shape index (κ2) is 5.07. The van der Waals surface area contributed by atoms with E-state index < -0.39 is 4.84 Å². The highest BCUT2D eigenvalue weighted by molar-refractivity contribution is 6.53. The van der Waals surface area contributed by atoms with Gasteiger partial charge in [-0.2, -0.15) is 0 Å². The van der Waals surface area contributed by atoms with E-state index in [0.717, 1.165) is 19.5 Å². The summed E-state index contributed by atoms with van der Waals surface area (Å²) in [6.07, 6.45) is 0.982. The lowest BCUT2D eigenvalue weighted by atomic mass is 9.99. The largest absolute Gasteiger partial charge is 0.340 e. The molecule has 1 fully saturated rings. The molecule has 1 amide bonds. The molecule has 0 saturated carbocycles. The first-order valence-corrected chi connectivity index (χ1v) is 6.17. The smallest absolute Gasteiger partial charge is 0.255 e. The highest BCUT2D eigenvalue weighted by atomic mass is 35.5. The lowest BCUT2D eigenvalue weighted by Crippen LogP contribution is -2.32. The zero-order valence-electron chi connectivity index (χ0n) is 8.77. The minimum absolute atomic E-state index is 0.179. The van der Waals surface area contributed by atoms with Crippen molar-refractivity contribution in [3.8, 4) is 0 Å². The van der Waals surface area contributed by atoms with Gasteiger partial charge in [-0.15, -0.1) is 0 Å². The lowest BCUT2D eigenvalue weighted by Gasteiger charge is -2.17. The number of alkyl halides is 2. The van der Waals surface area contributed by atoms with Crippen LogP contribution in [0.4, 0.5) is 0 Å². The Labute approximate surface area is 105 Å². The molecule has 0 N–H and O–H groups in total. The Bertz CT molecular complexity index is 367. The molecule has 0 aromatic heterocycles. The first-order valence-electron chi connectivity index (χ1n) is 5.30. The average molecular weight is 258 g/mol. The highest BCUT2D eigenvalue weighted by Crippen LogP contribution is 2.27. The maximum atomic E-state index is 11.6. The molecule has 1 aliphatic rings. The number of nitrogens with zero attached hydrogens (tertiary/aromatic N) is 1. The van der Waals surface area contributed by atoms with Crippen LogP contribution in [-0.4, -0.2) is 28.7 Å². The van der Waals surface area contributed by atoms with Crippen molar-refractivity contribution in [2.24, 2.45) is 0 Å². The monoisotopic (exact) mass is 257 g/mol. The number of carbonyl (C=O) groups excluding carboxylic acids is 1. The molecule has 0 aliphatic carbocycles. The molecule has 2 nitrogen and oxygen atoms in total. The molecule has 1 saturated heterocycles. The van der Waals surface area contributed by atoms with E-state index in [1.165, 1.54) is 5.56 Å². The van der Waals surface area contributed by atoms with Crippen LogP contribution in [0, 0.1) is 0 Å². The van der Waals surface area contributed by atoms with E-state index >= 15 is 0 Å². The summed E-state index contributed by atoms with van der Waals surface area (Å²) in [4.78, 5) is 12.4. The topological polar surface area (TPSA) is 20.3 Å². The Kier molecular flexibility index (Phi) is 3.72. The van der Waals surface area contributed by atoms with Gasteiger partial charge in [-0.3, -0.25) is 4.79 Å². The van der Waals surface area contributed by atoms with Gasteiger partial charge in [-0.1, -0.05) is 53.5 Å². The number of halogens is 2. The van der Waals surface area contributed by atoms with Crippen LogP contribution in [0.25, 0.3) is 0 Å². The minimum Gasteiger partial charge on any atom is -0.340 e. The average Bonchev–Trinajstić information content (AvgIpc) is 2.78. The molecule has 1 aromatic carbocycles. The van der Waals surface area contributed by atoms with Gasteiger partial charge in [-0.05, 0) is 12.0 Å². The van der Waals surface area contributed by atoms with E-state index in [1.807, 2.05) is 18.2 Å². The Morgan fingerprint density at radius 3 is 2.62 bits per heavy atom. The molecule has 2 rings (SSSR count). The summed E-state index contributed by atoms with van der Waals surface area (Å²) in [5, 5.41) is 0. The molecular weight excluding hydrogens is 245 g/mol. The van der Waals surface area contributed by atoms with Crippen molar-refractivity contribution in [3.63, 3.8) is 0 Å². The third kappa shape index (κ3) is 2.50. The Balaban J connectivity index is 2.01. The quantitative estimate of drug-likeness (QED) is 0.747. The summed E-state index contributed by atoms with van der Waals surface area (Å²) >= 11 is 11.2. The molecule has 1 aliphatic heterocycles. The molecule has 1 atom stereocenters. The number of hydrogen-bond donors (Lipinski definition) is 0. The summed E-state index contributed by atoms with van der Waals surface area (Å²) in [5.41, 5.74) is 1.28. The summed E-state index contributed by atoms with van der Waals surface area (Å²) < 4.78 is 0. The van der Waals surface area contributed by atoms with Gasteiger partial charge in [0.15, 0.2) is 4.84 Å². The van der Waals surface area contributed by atoms with Crippen LogP contribution >= 0.6 is 23.2 Å². The predicted molar refractivity (Wildman–Crippen MR) is 65.9 cm³/mol. The Morgan fingerprint density at radius 1 is 1.31 bits per heavy atom. The Morgan fingerprint density at radius 2 is 2.00 bits per heavy atom. The van der Waals surface area contributed by atoms with Gasteiger partial charge in [0.1, 0.15) is 0 Å². The molecule has 4 heteroatoms. The first kappa shape index (κ1) is 11.7. The van der Waals surface area contributed by atoms with Crippen molar-refractivity contribution in [2.75, 3.05) is 13.1 Å². The van der Waals surface area contributed by atoms with Crippen LogP contribution in [0.15, 0.2) is 30.3 Å². The summed E-state index contributed by atoms with van der Waals surface area (Å²) in [7, 11) is 0. The second-order valence-electron chi connectivity index (χ2n) is 3.98. The van der Waals surface area contributed by atoms with E-state index in [-0.39, 0.29) is 5.91 Å². The van der Waals surface area contributed by atoms with E-state index in [9.17, 15) is 4.79 Å². The van der Waals surface area contributed by atoms with E-state index in [0.29, 0.717) is 5.92 Å². The molecule has 1 unspecified atom stereocenters. The number of hydrogen-bond acceptors (Lipinski definition) is 1. The minimum atomic E-state index is -0.936. The molecule has 1 aromatic rings. The van der Waals surface area contributed by atoms with Crippen LogP contribution in [0.2, 0.25) is 0 Å². The van der Waals surface area contributed by atoms with Crippen LogP contribution in [0.3, 0.4) is 0 Å². The fraction of sp³-hybridized carbons (Fsp3) is 0.417. The van der Waals surface area contributed by atoms with Crippen LogP contribution < -0.4 is 0 Å². The van der Waals surface area contributed by atoms with Gasteiger partial charge in [-0.25, -0.2) is 0 Å². The van der Waals surface area contributed by atoms with Crippen molar-refractivity contribution < 1.29 is 4.79 Å². The number of benzene rings is 1. The standard InChI is InChI=1S/C12H13Cl2NO/c13-11(14)12(16)15-7-6-10(8-15)9-4-2-1-3-5-9/h1-5,10-11H,6-8H2. The number of likely N-dealkylation sites (tertiary alicyclic amines) is 1. The van der Waals surface area contributed by atoms with Gasteiger partial charge >= 0.3 is 0 Å². The normalized spacial score (nSPS) is 20.4. The number of carbonyl (C=O) groups is 1. The summed E-state index contributed by atoms with van der Waals surface area (Å²) in [5.74, 6) is 0.235. The Hall–Kier alpha value is -0.730. The van der Waals surface area contributed by atoms with Crippen molar-refractivity contribution >= 4 is 29.1 Å². The van der Waals surface area contributed by atoms with Crippen molar-refractivity contribution in [3.05, 3.63) is 35.9 Å². The fourth-order valence-electron chi connectivity index (χ4n) is 2.10. The second-order valence-corrected chi connectivity index (χ2v) is 5.08. The summed E-state index contributed by atoms with van der Waals surface area (Å²) in [6.45, 7) is 1.47. The van der Waals surface area contributed by atoms with E-state index in [4.69, 9.17) is 23.2 Å². The van der Waals surface area contributed by atoms with Crippen molar-refractivity contribution in [1.29, 1.82) is 0 Å².